The number of hydrogen-bond acceptors (Lipinski definition) is 4. The molecule has 90 valence electrons. The molecular weight excluding hydrogens is 204 g/mol. The number of aliphatic imine (C=N–C) groups is 1. The fourth-order valence-corrected chi connectivity index (χ4v) is 2.23. The van der Waals surface area contributed by atoms with Crippen molar-refractivity contribution >= 4 is 11.8 Å². The van der Waals surface area contributed by atoms with Crippen molar-refractivity contribution in [2.24, 2.45) is 4.99 Å². The maximum Gasteiger partial charge on any atom is 0.374 e. The van der Waals surface area contributed by atoms with Gasteiger partial charge in [0, 0.05) is 0 Å². The Balaban J connectivity index is 1.94. The van der Waals surface area contributed by atoms with E-state index in [-0.39, 0.29) is 11.6 Å². The molecule has 4 nitrogen and oxygen atoms in total. The lowest BCUT2D eigenvalue weighted by atomic mass is 9.87. The fourth-order valence-electron chi connectivity index (χ4n) is 2.23. The molecule has 1 fully saturated rings. The number of esters is 1. The van der Waals surface area contributed by atoms with E-state index in [0.717, 1.165) is 12.8 Å². The summed E-state index contributed by atoms with van der Waals surface area (Å²) in [6.07, 6.45) is 5.75. The molecule has 0 aromatic heterocycles. The summed E-state index contributed by atoms with van der Waals surface area (Å²) >= 11 is 0. The van der Waals surface area contributed by atoms with E-state index in [2.05, 4.69) is 10.3 Å². The second kappa shape index (κ2) is 3.75. The van der Waals surface area contributed by atoms with Gasteiger partial charge in [0.1, 0.15) is 11.3 Å². The van der Waals surface area contributed by atoms with Crippen molar-refractivity contribution in [2.75, 3.05) is 0 Å². The van der Waals surface area contributed by atoms with Crippen LogP contribution in [0.25, 0.3) is 0 Å². The predicted octanol–water partition coefficient (Wildman–Crippen LogP) is 1.99. The number of hydrogen-bond donors (Lipinski definition) is 1. The van der Waals surface area contributed by atoms with E-state index in [1.165, 1.54) is 19.3 Å². The highest BCUT2D eigenvalue weighted by Gasteiger charge is 2.42. The van der Waals surface area contributed by atoms with Crippen LogP contribution in [0.2, 0.25) is 0 Å². The summed E-state index contributed by atoms with van der Waals surface area (Å²) in [5.41, 5.74) is -0.582. The summed E-state index contributed by atoms with van der Waals surface area (Å²) in [5.74, 6) is 0.0699. The molecule has 1 N–H and O–H groups in total. The van der Waals surface area contributed by atoms with E-state index in [9.17, 15) is 4.79 Å². The molecule has 0 radical (unpaired) electrons. The van der Waals surface area contributed by atoms with E-state index in [4.69, 9.17) is 4.74 Å². The summed E-state index contributed by atoms with van der Waals surface area (Å²) in [7, 11) is 0. The van der Waals surface area contributed by atoms with Crippen LogP contribution in [0.1, 0.15) is 52.9 Å². The number of carbonyl (C=O) groups excluding carboxylic acids is 1. The van der Waals surface area contributed by atoms with Gasteiger partial charge in [-0.3, -0.25) is 0 Å². The van der Waals surface area contributed by atoms with Crippen molar-refractivity contribution in [1.29, 1.82) is 0 Å². The third kappa shape index (κ3) is 2.36. The van der Waals surface area contributed by atoms with Crippen molar-refractivity contribution in [3.8, 4) is 0 Å². The van der Waals surface area contributed by atoms with E-state index in [1.807, 2.05) is 20.8 Å². The first-order valence-corrected chi connectivity index (χ1v) is 6.02. The summed E-state index contributed by atoms with van der Waals surface area (Å²) in [5, 5.41) is 3.19. The van der Waals surface area contributed by atoms with Gasteiger partial charge >= 0.3 is 5.97 Å². The molecule has 1 aliphatic heterocycles. The maximum absolute atomic E-state index is 11.7. The Labute approximate surface area is 96.5 Å². The van der Waals surface area contributed by atoms with Crippen LogP contribution in [0.5, 0.6) is 0 Å². The van der Waals surface area contributed by atoms with Gasteiger partial charge in [0.25, 0.3) is 0 Å². The van der Waals surface area contributed by atoms with Crippen molar-refractivity contribution < 1.29 is 9.53 Å². The normalized spacial score (nSPS) is 23.1. The molecule has 2 aliphatic rings. The highest BCUT2D eigenvalue weighted by atomic mass is 16.6. The van der Waals surface area contributed by atoms with Gasteiger partial charge in [-0.05, 0) is 46.5 Å². The summed E-state index contributed by atoms with van der Waals surface area (Å²) < 4.78 is 5.24. The number of nitrogens with one attached hydrogen (secondary N) is 1. The molecule has 0 aromatic rings. The monoisotopic (exact) mass is 224 g/mol. The molecule has 0 atom stereocenters. The minimum absolute atomic E-state index is 0.134. The summed E-state index contributed by atoms with van der Waals surface area (Å²) in [6, 6.07) is 0. The Morgan fingerprint density at radius 2 is 1.88 bits per heavy atom. The molecule has 4 heteroatoms. The highest BCUT2D eigenvalue weighted by Crippen LogP contribution is 2.33. The zero-order chi connectivity index (χ0) is 11.8. The lowest BCUT2D eigenvalue weighted by Gasteiger charge is -2.42. The second-order valence-electron chi connectivity index (χ2n) is 5.68. The Bertz CT molecular complexity index is 322. The Kier molecular flexibility index (Phi) is 2.68. The standard InChI is InChI=1S/C12H20N2O2/c1-11(2,3)16-10(15)9-13-12(14-9)7-5-4-6-8-12/h4-8H2,1-3H3,(H,13,14). The molecule has 1 heterocycles. The van der Waals surface area contributed by atoms with Crippen molar-refractivity contribution in [1.82, 2.24) is 5.32 Å². The topological polar surface area (TPSA) is 50.7 Å². The van der Waals surface area contributed by atoms with Crippen LogP contribution in [-0.4, -0.2) is 23.1 Å². The van der Waals surface area contributed by atoms with Crippen molar-refractivity contribution in [3.05, 3.63) is 0 Å². The first kappa shape index (κ1) is 11.4. The van der Waals surface area contributed by atoms with Crippen LogP contribution in [0.3, 0.4) is 0 Å². The highest BCUT2D eigenvalue weighted by molar-refractivity contribution is 6.37. The van der Waals surface area contributed by atoms with Gasteiger partial charge in [0.05, 0.1) is 0 Å². The van der Waals surface area contributed by atoms with Crippen LogP contribution in [0, 0.1) is 0 Å². The predicted molar refractivity (Wildman–Crippen MR) is 62.2 cm³/mol. The second-order valence-corrected chi connectivity index (χ2v) is 5.68. The SMILES string of the molecule is CC(C)(C)OC(=O)C1=NC2(CCCCC2)N1. The van der Waals surface area contributed by atoms with Crippen LogP contribution in [0.4, 0.5) is 0 Å². The smallest absolute Gasteiger partial charge is 0.374 e. The third-order valence-corrected chi connectivity index (χ3v) is 2.95. The number of amidine groups is 1. The van der Waals surface area contributed by atoms with Crippen LogP contribution >= 0.6 is 0 Å². The van der Waals surface area contributed by atoms with Crippen molar-refractivity contribution in [2.45, 2.75) is 64.1 Å². The zero-order valence-electron chi connectivity index (χ0n) is 10.3. The Hall–Kier alpha value is -1.06. The molecule has 0 unspecified atom stereocenters. The lowest BCUT2D eigenvalue weighted by Crippen LogP contribution is -2.60. The van der Waals surface area contributed by atoms with E-state index >= 15 is 0 Å². The van der Waals surface area contributed by atoms with E-state index in [1.54, 1.807) is 0 Å². The van der Waals surface area contributed by atoms with E-state index < -0.39 is 5.60 Å². The average Bonchev–Trinajstić information content (AvgIpc) is 2.12. The molecule has 1 spiro atoms. The van der Waals surface area contributed by atoms with Gasteiger partial charge in [0.15, 0.2) is 0 Å². The number of rotatable bonds is 1. The quantitative estimate of drug-likeness (QED) is 0.693. The van der Waals surface area contributed by atoms with Gasteiger partial charge in [-0.15, -0.1) is 0 Å². The minimum atomic E-state index is -0.448. The number of ether oxygens (including phenoxy) is 1. The molecule has 0 aromatic carbocycles. The molecule has 2 rings (SSSR count). The molecule has 0 saturated heterocycles. The van der Waals surface area contributed by atoms with Gasteiger partial charge < -0.3 is 10.1 Å². The largest absolute Gasteiger partial charge is 0.454 e. The first-order valence-electron chi connectivity index (χ1n) is 6.02. The first-order chi connectivity index (χ1) is 7.40. The fraction of sp³-hybridized carbons (Fsp3) is 0.833. The molecule has 1 aliphatic carbocycles. The van der Waals surface area contributed by atoms with Gasteiger partial charge in [-0.25, -0.2) is 9.79 Å². The lowest BCUT2D eigenvalue weighted by molar-refractivity contribution is -0.147. The Morgan fingerprint density at radius 3 is 2.38 bits per heavy atom. The molecule has 0 bridgehead atoms. The third-order valence-electron chi connectivity index (χ3n) is 2.95. The molecule has 16 heavy (non-hydrogen) atoms. The number of nitrogens with zero attached hydrogens (tertiary/aromatic N) is 1. The number of carbonyl (C=O) groups is 1. The molecule has 1 saturated carbocycles. The molecule has 0 amide bonds. The van der Waals surface area contributed by atoms with E-state index in [0.29, 0.717) is 5.84 Å². The van der Waals surface area contributed by atoms with Gasteiger partial charge in [0.2, 0.25) is 5.84 Å². The van der Waals surface area contributed by atoms with Crippen LogP contribution in [0.15, 0.2) is 4.99 Å². The minimum Gasteiger partial charge on any atom is -0.454 e. The van der Waals surface area contributed by atoms with Gasteiger partial charge in [-0.2, -0.15) is 0 Å². The van der Waals surface area contributed by atoms with Crippen LogP contribution < -0.4 is 5.32 Å². The Morgan fingerprint density at radius 1 is 1.31 bits per heavy atom. The van der Waals surface area contributed by atoms with Gasteiger partial charge in [-0.1, -0.05) is 6.42 Å². The molecular formula is C12H20N2O2. The van der Waals surface area contributed by atoms with Crippen LogP contribution in [-0.2, 0) is 9.53 Å². The zero-order valence-corrected chi connectivity index (χ0v) is 10.3. The summed E-state index contributed by atoms with van der Waals surface area (Å²) in [6.45, 7) is 5.58. The average molecular weight is 224 g/mol. The van der Waals surface area contributed by atoms with Crippen molar-refractivity contribution in [3.63, 3.8) is 0 Å². The summed E-state index contributed by atoms with van der Waals surface area (Å²) in [4.78, 5) is 16.1. The maximum atomic E-state index is 11.7.